The summed E-state index contributed by atoms with van der Waals surface area (Å²) in [4.78, 5) is 43.9. The number of halogens is 1. The van der Waals surface area contributed by atoms with Gasteiger partial charge in [0.25, 0.3) is 11.8 Å². The zero-order chi connectivity index (χ0) is 30.6. The average Bonchev–Trinajstić information content (AvgIpc) is 3.58. The number of amides is 2. The third kappa shape index (κ3) is 7.07. The molecule has 2 N–H and O–H groups in total. The van der Waals surface area contributed by atoms with Gasteiger partial charge in [0, 0.05) is 44.4 Å². The smallest absolute Gasteiger partial charge is 0.435 e. The van der Waals surface area contributed by atoms with Gasteiger partial charge in [0.1, 0.15) is 12.1 Å². The van der Waals surface area contributed by atoms with Crippen LogP contribution in [-0.2, 0) is 16.8 Å². The summed E-state index contributed by atoms with van der Waals surface area (Å²) in [5.41, 5.74) is 1.93. The molecule has 4 aromatic rings. The number of likely N-dealkylation sites (N-methyl/N-ethyl adjacent to an activating group) is 1. The normalized spacial score (nSPS) is 14.5. The van der Waals surface area contributed by atoms with Crippen molar-refractivity contribution < 1.29 is 23.5 Å². The Hall–Kier alpha value is -4.19. The van der Waals surface area contributed by atoms with Crippen LogP contribution in [0.3, 0.4) is 0 Å². The van der Waals surface area contributed by atoms with Crippen molar-refractivity contribution >= 4 is 46.4 Å². The van der Waals surface area contributed by atoms with Gasteiger partial charge in [-0.3, -0.25) is 14.5 Å². The molecule has 0 spiro atoms. The maximum absolute atomic E-state index is 13.2. The molecule has 2 aromatic heterocycles. The number of piperazine rings is 1. The lowest BCUT2D eigenvalue weighted by molar-refractivity contribution is 0.0885. The summed E-state index contributed by atoms with van der Waals surface area (Å²) in [6.07, 6.45) is -0.822. The van der Waals surface area contributed by atoms with E-state index in [4.69, 9.17) is 20.8 Å². The van der Waals surface area contributed by atoms with Gasteiger partial charge in [-0.2, -0.15) is 4.68 Å². The van der Waals surface area contributed by atoms with Crippen molar-refractivity contribution in [3.8, 4) is 0 Å². The Morgan fingerprint density at radius 3 is 2.37 bits per heavy atom. The number of alkyl halides is 1. The number of benzene rings is 2. The Morgan fingerprint density at radius 1 is 1.00 bits per heavy atom. The van der Waals surface area contributed by atoms with Gasteiger partial charge in [0.15, 0.2) is 17.2 Å². The predicted octanol–water partition coefficient (Wildman–Crippen LogP) is 4.52. The number of furan rings is 1. The molecule has 3 heterocycles. The van der Waals surface area contributed by atoms with Crippen molar-refractivity contribution in [2.75, 3.05) is 51.0 Å². The number of nitrogens with zero attached hydrogens (tertiary/aromatic N) is 4. The van der Waals surface area contributed by atoms with Gasteiger partial charge >= 0.3 is 6.09 Å². The van der Waals surface area contributed by atoms with Crippen LogP contribution in [-0.4, -0.2) is 83.2 Å². The fourth-order valence-corrected chi connectivity index (χ4v) is 4.98. The molecule has 226 valence electrons. The number of anilines is 1. The highest BCUT2D eigenvalue weighted by Crippen LogP contribution is 2.29. The first kappa shape index (κ1) is 30.3. The highest BCUT2D eigenvalue weighted by molar-refractivity contribution is 6.18. The van der Waals surface area contributed by atoms with E-state index in [2.05, 4.69) is 32.6 Å². The number of hydrogen-bond donors (Lipinski definition) is 2. The number of carbonyl (C=O) groups excluding carboxylic acids is 3. The molecule has 0 atom stereocenters. The van der Waals surface area contributed by atoms with Gasteiger partial charge in [-0.25, -0.2) is 4.79 Å². The molecule has 0 unspecified atom stereocenters. The van der Waals surface area contributed by atoms with Crippen LogP contribution in [0.2, 0.25) is 0 Å². The summed E-state index contributed by atoms with van der Waals surface area (Å²) in [5.74, 6) is -0.929. The second-order valence-corrected chi connectivity index (χ2v) is 11.4. The van der Waals surface area contributed by atoms with Crippen LogP contribution in [0.15, 0.2) is 65.1 Å². The fourth-order valence-electron chi connectivity index (χ4n) is 4.91. The average molecular weight is 607 g/mol. The van der Waals surface area contributed by atoms with Crippen molar-refractivity contribution in [2.24, 2.45) is 0 Å². The molecule has 11 nitrogen and oxygen atoms in total. The number of ether oxygens (including phenoxy) is 1. The van der Waals surface area contributed by atoms with Gasteiger partial charge in [-0.1, -0.05) is 42.5 Å². The van der Waals surface area contributed by atoms with Crippen LogP contribution < -0.4 is 10.6 Å². The first-order valence-corrected chi connectivity index (χ1v) is 14.6. The minimum atomic E-state index is -0.822. The number of aromatic nitrogens is 2. The number of nitrogens with one attached hydrogen (secondary N) is 2. The Bertz CT molecular complexity index is 1590. The molecule has 0 aliphatic carbocycles. The first-order valence-electron chi connectivity index (χ1n) is 14.1. The topological polar surface area (TPSA) is 122 Å². The van der Waals surface area contributed by atoms with Gasteiger partial charge in [0.05, 0.1) is 11.4 Å². The van der Waals surface area contributed by atoms with E-state index in [0.717, 1.165) is 48.5 Å². The quantitative estimate of drug-likeness (QED) is 0.267. The fraction of sp³-hybridized carbons (Fsp3) is 0.355. The predicted molar refractivity (Wildman–Crippen MR) is 164 cm³/mol. The Morgan fingerprint density at radius 2 is 1.70 bits per heavy atom. The molecule has 2 aromatic carbocycles. The van der Waals surface area contributed by atoms with Crippen LogP contribution >= 0.6 is 11.6 Å². The lowest BCUT2D eigenvalue weighted by Gasteiger charge is -2.32. The number of fused-ring (bicyclic) bond motifs is 1. The summed E-state index contributed by atoms with van der Waals surface area (Å²) in [7, 11) is 2.12. The van der Waals surface area contributed by atoms with E-state index in [1.807, 2.05) is 56.3 Å². The molecule has 1 aliphatic rings. The van der Waals surface area contributed by atoms with Gasteiger partial charge in [0.2, 0.25) is 0 Å². The van der Waals surface area contributed by atoms with Crippen LogP contribution in [0.1, 0.15) is 45.9 Å². The van der Waals surface area contributed by atoms with E-state index >= 15 is 0 Å². The van der Waals surface area contributed by atoms with Crippen LogP contribution in [0, 0.1) is 0 Å². The zero-order valence-electron chi connectivity index (χ0n) is 24.4. The van der Waals surface area contributed by atoms with Crippen molar-refractivity contribution in [2.45, 2.75) is 25.9 Å². The molecule has 43 heavy (non-hydrogen) atoms. The molecule has 1 aliphatic heterocycles. The molecule has 1 fully saturated rings. The molecular formula is C31H35ClN6O5. The number of hydrogen-bond acceptors (Lipinski definition) is 8. The van der Waals surface area contributed by atoms with Gasteiger partial charge in [-0.15, -0.1) is 16.7 Å². The third-order valence-electron chi connectivity index (χ3n) is 7.43. The van der Waals surface area contributed by atoms with Crippen LogP contribution in [0.5, 0.6) is 0 Å². The lowest BCUT2D eigenvalue weighted by atomic mass is 9.94. The maximum atomic E-state index is 13.2. The number of carbonyl (C=O) groups is 3. The zero-order valence-corrected chi connectivity index (χ0v) is 25.2. The van der Waals surface area contributed by atoms with E-state index < -0.39 is 23.4 Å². The van der Waals surface area contributed by atoms with Gasteiger partial charge < -0.3 is 24.7 Å². The van der Waals surface area contributed by atoms with Crippen molar-refractivity contribution in [1.29, 1.82) is 0 Å². The highest BCUT2D eigenvalue weighted by Gasteiger charge is 2.28. The Kier molecular flexibility index (Phi) is 9.14. The summed E-state index contributed by atoms with van der Waals surface area (Å²) < 4.78 is 12.0. The minimum absolute atomic E-state index is 0.0225. The molecular weight excluding hydrogens is 572 g/mol. The van der Waals surface area contributed by atoms with E-state index in [9.17, 15) is 14.4 Å². The number of rotatable bonds is 9. The van der Waals surface area contributed by atoms with Crippen molar-refractivity contribution in [1.82, 2.24) is 24.9 Å². The van der Waals surface area contributed by atoms with E-state index in [0.29, 0.717) is 5.56 Å². The largest absolute Gasteiger partial charge is 0.447 e. The monoisotopic (exact) mass is 606 g/mol. The Balaban J connectivity index is 1.36. The second kappa shape index (κ2) is 13.0. The summed E-state index contributed by atoms with van der Waals surface area (Å²) >= 11 is 5.68. The highest BCUT2D eigenvalue weighted by atomic mass is 35.5. The standard InChI is InChI=1S/C31H35ClN6O5/c1-31(2,23-7-5-4-6-8-23)34-29(40)25-19-24-26(43-25)27(35-38(24)30(41)42-18-13-32)33-28(39)22-11-9-21(10-12-22)20-37-16-14-36(3)15-17-37/h4-12,19H,13-18,20H2,1-3H3,(H,34,40)(H,33,35,39). The molecule has 0 radical (unpaired) electrons. The first-order chi connectivity index (χ1) is 20.6. The molecule has 5 rings (SSSR count). The summed E-state index contributed by atoms with van der Waals surface area (Å²) in [6, 6.07) is 18.2. The third-order valence-corrected chi connectivity index (χ3v) is 7.58. The molecule has 0 bridgehead atoms. The van der Waals surface area contributed by atoms with E-state index in [1.54, 1.807) is 12.1 Å². The van der Waals surface area contributed by atoms with Crippen LogP contribution in [0.4, 0.5) is 10.6 Å². The van der Waals surface area contributed by atoms with Crippen molar-refractivity contribution in [3.63, 3.8) is 0 Å². The van der Waals surface area contributed by atoms with Gasteiger partial charge in [-0.05, 0) is 44.2 Å². The van der Waals surface area contributed by atoms with Crippen molar-refractivity contribution in [3.05, 3.63) is 83.1 Å². The van der Waals surface area contributed by atoms with E-state index in [1.165, 1.54) is 6.07 Å². The summed E-state index contributed by atoms with van der Waals surface area (Å²) in [6.45, 7) is 8.56. The molecule has 1 saturated heterocycles. The minimum Gasteiger partial charge on any atom is -0.447 e. The Labute approximate surface area is 254 Å². The maximum Gasteiger partial charge on any atom is 0.435 e. The lowest BCUT2D eigenvalue weighted by Crippen LogP contribution is -2.43. The summed E-state index contributed by atoms with van der Waals surface area (Å²) in [5, 5.41) is 9.90. The van der Waals surface area contributed by atoms with Crippen LogP contribution in [0.25, 0.3) is 11.1 Å². The molecule has 2 amide bonds. The molecule has 12 heteroatoms. The SMILES string of the molecule is CN1CCN(Cc2ccc(C(=O)Nc3nn(C(=O)OCCCl)c4cc(C(=O)NC(C)(C)c5ccccc5)oc34)cc2)CC1. The van der Waals surface area contributed by atoms with E-state index in [-0.39, 0.29) is 35.2 Å². The second-order valence-electron chi connectivity index (χ2n) is 11.1. The molecule has 0 saturated carbocycles.